The standard InChI is InChI=1S/C9H16F3NO3/c10-9(11,12)16-6-4-7(8(14)15)3-1-2-5-13/h7H,1-6,13H2,(H,14,15). The van der Waals surface area contributed by atoms with Gasteiger partial charge in [0.05, 0.1) is 12.5 Å². The molecule has 0 aliphatic carbocycles. The highest BCUT2D eigenvalue weighted by Gasteiger charge is 2.29. The molecule has 7 heteroatoms. The first-order valence-electron chi connectivity index (χ1n) is 5.00. The summed E-state index contributed by atoms with van der Waals surface area (Å²) in [7, 11) is 0. The van der Waals surface area contributed by atoms with Crippen molar-refractivity contribution in [2.75, 3.05) is 13.2 Å². The molecule has 0 saturated carbocycles. The summed E-state index contributed by atoms with van der Waals surface area (Å²) in [6, 6.07) is 0. The number of carboxylic acids is 1. The van der Waals surface area contributed by atoms with E-state index < -0.39 is 24.9 Å². The van der Waals surface area contributed by atoms with Gasteiger partial charge in [0.2, 0.25) is 0 Å². The van der Waals surface area contributed by atoms with Crippen LogP contribution in [0.2, 0.25) is 0 Å². The lowest BCUT2D eigenvalue weighted by Crippen LogP contribution is -2.20. The number of ether oxygens (including phenoxy) is 1. The van der Waals surface area contributed by atoms with E-state index in [-0.39, 0.29) is 6.42 Å². The van der Waals surface area contributed by atoms with Gasteiger partial charge >= 0.3 is 12.3 Å². The van der Waals surface area contributed by atoms with E-state index in [9.17, 15) is 18.0 Å². The third kappa shape index (κ3) is 8.49. The van der Waals surface area contributed by atoms with E-state index in [1.807, 2.05) is 0 Å². The molecular weight excluding hydrogens is 227 g/mol. The predicted octanol–water partition coefficient (Wildman–Crippen LogP) is 1.74. The third-order valence-corrected chi connectivity index (χ3v) is 2.09. The van der Waals surface area contributed by atoms with Crippen LogP contribution in [0.25, 0.3) is 0 Å². The number of carbonyl (C=O) groups is 1. The molecule has 0 aromatic carbocycles. The van der Waals surface area contributed by atoms with Crippen molar-refractivity contribution < 1.29 is 27.8 Å². The lowest BCUT2D eigenvalue weighted by atomic mass is 9.99. The van der Waals surface area contributed by atoms with Crippen molar-refractivity contribution in [3.8, 4) is 0 Å². The van der Waals surface area contributed by atoms with Gasteiger partial charge in [-0.05, 0) is 25.8 Å². The van der Waals surface area contributed by atoms with Crippen LogP contribution >= 0.6 is 0 Å². The van der Waals surface area contributed by atoms with Crippen molar-refractivity contribution in [3.05, 3.63) is 0 Å². The monoisotopic (exact) mass is 243 g/mol. The van der Waals surface area contributed by atoms with Gasteiger partial charge in [0, 0.05) is 0 Å². The van der Waals surface area contributed by atoms with Crippen molar-refractivity contribution in [1.29, 1.82) is 0 Å². The van der Waals surface area contributed by atoms with Crippen molar-refractivity contribution in [2.45, 2.75) is 32.0 Å². The number of nitrogens with two attached hydrogens (primary N) is 1. The lowest BCUT2D eigenvalue weighted by Gasteiger charge is -2.13. The van der Waals surface area contributed by atoms with Gasteiger partial charge in [-0.2, -0.15) is 0 Å². The third-order valence-electron chi connectivity index (χ3n) is 2.09. The quantitative estimate of drug-likeness (QED) is 0.637. The van der Waals surface area contributed by atoms with Crippen molar-refractivity contribution in [2.24, 2.45) is 11.7 Å². The summed E-state index contributed by atoms with van der Waals surface area (Å²) < 4.78 is 38.4. The normalized spacial score (nSPS) is 13.8. The summed E-state index contributed by atoms with van der Waals surface area (Å²) in [6.07, 6.45) is -3.24. The first kappa shape index (κ1) is 15.2. The molecular formula is C9H16F3NO3. The molecule has 96 valence electrons. The predicted molar refractivity (Wildman–Crippen MR) is 50.7 cm³/mol. The molecule has 0 aliphatic rings. The van der Waals surface area contributed by atoms with Crippen molar-refractivity contribution >= 4 is 5.97 Å². The van der Waals surface area contributed by atoms with Gasteiger partial charge in [0.1, 0.15) is 0 Å². The highest BCUT2D eigenvalue weighted by atomic mass is 19.4. The molecule has 1 unspecified atom stereocenters. The minimum absolute atomic E-state index is 0.139. The van der Waals surface area contributed by atoms with Crippen LogP contribution in [0.1, 0.15) is 25.7 Å². The Morgan fingerprint density at radius 1 is 1.31 bits per heavy atom. The smallest absolute Gasteiger partial charge is 0.481 e. The van der Waals surface area contributed by atoms with Crippen LogP contribution < -0.4 is 5.73 Å². The van der Waals surface area contributed by atoms with E-state index in [0.29, 0.717) is 25.8 Å². The maximum atomic E-state index is 11.6. The molecule has 0 amide bonds. The molecule has 0 fully saturated rings. The average molecular weight is 243 g/mol. The minimum Gasteiger partial charge on any atom is -0.481 e. The van der Waals surface area contributed by atoms with E-state index >= 15 is 0 Å². The van der Waals surface area contributed by atoms with E-state index in [4.69, 9.17) is 10.8 Å². The Hall–Kier alpha value is -0.820. The molecule has 0 rings (SSSR count). The maximum absolute atomic E-state index is 11.6. The van der Waals surface area contributed by atoms with E-state index in [1.54, 1.807) is 0 Å². The zero-order valence-corrected chi connectivity index (χ0v) is 8.79. The maximum Gasteiger partial charge on any atom is 0.522 e. The van der Waals surface area contributed by atoms with Crippen LogP contribution in [0.15, 0.2) is 0 Å². The van der Waals surface area contributed by atoms with Crippen LogP contribution in [0, 0.1) is 5.92 Å². The Morgan fingerprint density at radius 2 is 1.94 bits per heavy atom. The first-order valence-corrected chi connectivity index (χ1v) is 5.00. The number of hydrogen-bond donors (Lipinski definition) is 2. The first-order chi connectivity index (χ1) is 7.37. The molecule has 0 spiro atoms. The number of unbranched alkanes of at least 4 members (excludes halogenated alkanes) is 1. The van der Waals surface area contributed by atoms with Crippen LogP contribution in [0.3, 0.4) is 0 Å². The fourth-order valence-corrected chi connectivity index (χ4v) is 1.24. The highest BCUT2D eigenvalue weighted by molar-refractivity contribution is 5.69. The van der Waals surface area contributed by atoms with Gasteiger partial charge < -0.3 is 10.8 Å². The molecule has 0 aliphatic heterocycles. The number of aliphatic carboxylic acids is 1. The summed E-state index contributed by atoms with van der Waals surface area (Å²) in [6.45, 7) is -0.172. The molecule has 0 radical (unpaired) electrons. The van der Waals surface area contributed by atoms with Gasteiger partial charge in [-0.15, -0.1) is 13.2 Å². The number of carboxylic acid groups (broad SMARTS) is 1. The second-order valence-corrected chi connectivity index (χ2v) is 3.40. The molecule has 0 heterocycles. The fourth-order valence-electron chi connectivity index (χ4n) is 1.24. The number of rotatable bonds is 8. The number of hydrogen-bond acceptors (Lipinski definition) is 3. The Morgan fingerprint density at radius 3 is 2.38 bits per heavy atom. The van der Waals surface area contributed by atoms with Crippen LogP contribution in [0.4, 0.5) is 13.2 Å². The van der Waals surface area contributed by atoms with Gasteiger partial charge in [0.25, 0.3) is 0 Å². The van der Waals surface area contributed by atoms with E-state index in [0.717, 1.165) is 0 Å². The molecule has 0 aromatic rings. The Labute approximate surface area is 91.6 Å². The Balaban J connectivity index is 3.81. The molecule has 3 N–H and O–H groups in total. The lowest BCUT2D eigenvalue weighted by molar-refractivity contribution is -0.325. The van der Waals surface area contributed by atoms with Gasteiger partial charge in [0.15, 0.2) is 0 Å². The molecule has 16 heavy (non-hydrogen) atoms. The SMILES string of the molecule is NCCCCC(CCOC(F)(F)F)C(=O)O. The van der Waals surface area contributed by atoms with Crippen LogP contribution in [0.5, 0.6) is 0 Å². The van der Waals surface area contributed by atoms with Crippen molar-refractivity contribution in [1.82, 2.24) is 0 Å². The van der Waals surface area contributed by atoms with Crippen LogP contribution in [-0.2, 0) is 9.53 Å². The highest BCUT2D eigenvalue weighted by Crippen LogP contribution is 2.19. The minimum atomic E-state index is -4.69. The van der Waals surface area contributed by atoms with Crippen molar-refractivity contribution in [3.63, 3.8) is 0 Å². The van der Waals surface area contributed by atoms with Gasteiger partial charge in [-0.25, -0.2) is 0 Å². The van der Waals surface area contributed by atoms with Gasteiger partial charge in [-0.1, -0.05) is 6.42 Å². The number of alkyl halides is 3. The molecule has 4 nitrogen and oxygen atoms in total. The summed E-state index contributed by atoms with van der Waals surface area (Å²) in [4.78, 5) is 10.7. The summed E-state index contributed by atoms with van der Waals surface area (Å²) in [5.41, 5.74) is 5.23. The largest absolute Gasteiger partial charge is 0.522 e. The Bertz CT molecular complexity index is 209. The van der Waals surface area contributed by atoms with Gasteiger partial charge in [-0.3, -0.25) is 9.53 Å². The summed E-state index contributed by atoms with van der Waals surface area (Å²) in [5.74, 6) is -1.89. The number of halogens is 3. The zero-order chi connectivity index (χ0) is 12.6. The molecule has 0 saturated heterocycles. The molecule has 1 atom stereocenters. The van der Waals surface area contributed by atoms with E-state index in [2.05, 4.69) is 4.74 Å². The Kier molecular flexibility index (Phi) is 7.07. The van der Waals surface area contributed by atoms with Crippen LogP contribution in [-0.4, -0.2) is 30.6 Å². The second-order valence-electron chi connectivity index (χ2n) is 3.40. The molecule has 0 aromatic heterocycles. The average Bonchev–Trinajstić information content (AvgIpc) is 2.13. The second kappa shape index (κ2) is 7.45. The van der Waals surface area contributed by atoms with E-state index in [1.165, 1.54) is 0 Å². The molecule has 0 bridgehead atoms. The summed E-state index contributed by atoms with van der Waals surface area (Å²) >= 11 is 0. The topological polar surface area (TPSA) is 72.5 Å². The summed E-state index contributed by atoms with van der Waals surface area (Å²) in [5, 5.41) is 8.73. The fraction of sp³-hybridized carbons (Fsp3) is 0.889. The zero-order valence-electron chi connectivity index (χ0n) is 8.79.